The highest BCUT2D eigenvalue weighted by Crippen LogP contribution is 2.46. The smallest absolute Gasteiger partial charge is 0.343 e. The van der Waals surface area contributed by atoms with E-state index < -0.39 is 17.8 Å². The van der Waals surface area contributed by atoms with Gasteiger partial charge >= 0.3 is 5.97 Å². The van der Waals surface area contributed by atoms with E-state index in [9.17, 15) is 14.4 Å². The van der Waals surface area contributed by atoms with Gasteiger partial charge in [-0.05, 0) is 24.3 Å². The van der Waals surface area contributed by atoms with Crippen molar-refractivity contribution < 1.29 is 19.1 Å². The van der Waals surface area contributed by atoms with E-state index in [1.807, 2.05) is 0 Å². The average molecular weight is 481 g/mol. The summed E-state index contributed by atoms with van der Waals surface area (Å²) in [6.07, 6.45) is 0. The van der Waals surface area contributed by atoms with Crippen molar-refractivity contribution in [2.75, 3.05) is 4.90 Å². The second-order valence-corrected chi connectivity index (χ2v) is 7.69. The van der Waals surface area contributed by atoms with Crippen molar-refractivity contribution in [1.82, 2.24) is 0 Å². The zero-order valence-corrected chi connectivity index (χ0v) is 17.8. The van der Waals surface area contributed by atoms with Gasteiger partial charge in [-0.1, -0.05) is 76.7 Å². The molecule has 0 saturated heterocycles. The van der Waals surface area contributed by atoms with Crippen LogP contribution in [0.5, 0.6) is 5.75 Å². The van der Waals surface area contributed by atoms with Gasteiger partial charge in [0.1, 0.15) is 0 Å². The molecule has 0 aromatic heterocycles. The molecule has 4 rings (SSSR count). The van der Waals surface area contributed by atoms with Crippen molar-refractivity contribution in [3.63, 3.8) is 0 Å². The number of carbonyl (C=O) groups is 3. The molecular formula is C21H9Cl4NO4. The van der Waals surface area contributed by atoms with E-state index in [2.05, 4.69) is 0 Å². The molecule has 5 nitrogen and oxygen atoms in total. The number of hydrogen-bond acceptors (Lipinski definition) is 4. The van der Waals surface area contributed by atoms with Crippen LogP contribution >= 0.6 is 46.4 Å². The predicted molar refractivity (Wildman–Crippen MR) is 115 cm³/mol. The summed E-state index contributed by atoms with van der Waals surface area (Å²) in [4.78, 5) is 39.4. The number of ether oxygens (including phenoxy) is 1. The second kappa shape index (κ2) is 7.93. The molecule has 1 aliphatic rings. The minimum Gasteiger partial charge on any atom is -0.421 e. The molecule has 0 unspecified atom stereocenters. The second-order valence-electron chi connectivity index (χ2n) is 6.17. The Bertz CT molecular complexity index is 1180. The zero-order valence-electron chi connectivity index (χ0n) is 14.8. The van der Waals surface area contributed by atoms with Gasteiger partial charge in [-0.25, -0.2) is 9.69 Å². The average Bonchev–Trinajstić information content (AvgIpc) is 3.02. The Hall–Kier alpha value is -2.57. The lowest BCUT2D eigenvalue weighted by Crippen LogP contribution is -2.30. The van der Waals surface area contributed by atoms with Crippen molar-refractivity contribution in [1.29, 1.82) is 0 Å². The molecule has 3 aromatic carbocycles. The summed E-state index contributed by atoms with van der Waals surface area (Å²) < 4.78 is 5.44. The topological polar surface area (TPSA) is 63.7 Å². The van der Waals surface area contributed by atoms with E-state index in [0.717, 1.165) is 4.90 Å². The standard InChI is InChI=1S/C21H9Cl4NO4/c22-15-13-14(16(23)18(25)17(15)24)20(28)26(19(13)27)11-8-4-5-9-12(11)30-21(29)10-6-2-1-3-7-10/h1-9H. The number of para-hydroxylation sites is 2. The molecule has 3 aromatic rings. The van der Waals surface area contributed by atoms with Gasteiger partial charge in [0.05, 0.1) is 42.5 Å². The van der Waals surface area contributed by atoms with Crippen molar-refractivity contribution in [2.24, 2.45) is 0 Å². The summed E-state index contributed by atoms with van der Waals surface area (Å²) in [7, 11) is 0. The van der Waals surface area contributed by atoms with E-state index in [1.165, 1.54) is 12.1 Å². The summed E-state index contributed by atoms with van der Waals surface area (Å²) in [6.45, 7) is 0. The Kier molecular flexibility index (Phi) is 5.47. The lowest BCUT2D eigenvalue weighted by atomic mass is 10.1. The zero-order chi connectivity index (χ0) is 21.6. The molecule has 0 spiro atoms. The number of benzene rings is 3. The van der Waals surface area contributed by atoms with Crippen molar-refractivity contribution in [3.8, 4) is 5.75 Å². The third-order valence-corrected chi connectivity index (χ3v) is 6.22. The Balaban J connectivity index is 1.78. The van der Waals surface area contributed by atoms with Crippen LogP contribution in [0.4, 0.5) is 5.69 Å². The third kappa shape index (κ3) is 3.24. The van der Waals surface area contributed by atoms with Gasteiger partial charge in [0.2, 0.25) is 0 Å². The molecule has 0 atom stereocenters. The Morgan fingerprint density at radius 1 is 0.700 bits per heavy atom. The first-order valence-electron chi connectivity index (χ1n) is 8.44. The lowest BCUT2D eigenvalue weighted by Gasteiger charge is -2.17. The SMILES string of the molecule is O=C(Oc1ccccc1N1C(=O)c2c(Cl)c(Cl)c(Cl)c(Cl)c2C1=O)c1ccccc1. The van der Waals surface area contributed by atoms with Crippen LogP contribution in [0.15, 0.2) is 54.6 Å². The van der Waals surface area contributed by atoms with Crippen molar-refractivity contribution in [3.05, 3.63) is 91.4 Å². The molecular weight excluding hydrogens is 472 g/mol. The van der Waals surface area contributed by atoms with Gasteiger partial charge in [0, 0.05) is 0 Å². The molecule has 0 radical (unpaired) electrons. The number of hydrogen-bond donors (Lipinski definition) is 0. The van der Waals surface area contributed by atoms with E-state index in [-0.39, 0.29) is 42.7 Å². The number of halogens is 4. The van der Waals surface area contributed by atoms with Crippen LogP contribution in [0.3, 0.4) is 0 Å². The number of carbonyl (C=O) groups excluding carboxylic acids is 3. The molecule has 0 aliphatic carbocycles. The van der Waals surface area contributed by atoms with Crippen LogP contribution < -0.4 is 9.64 Å². The van der Waals surface area contributed by atoms with Gasteiger partial charge in [0.15, 0.2) is 5.75 Å². The van der Waals surface area contributed by atoms with Gasteiger partial charge in [0.25, 0.3) is 11.8 Å². The maximum atomic E-state index is 13.1. The molecule has 9 heteroatoms. The summed E-state index contributed by atoms with van der Waals surface area (Å²) >= 11 is 24.4. The van der Waals surface area contributed by atoms with E-state index >= 15 is 0 Å². The first kappa shape index (κ1) is 20.7. The number of amides is 2. The normalized spacial score (nSPS) is 12.9. The Morgan fingerprint density at radius 2 is 1.20 bits per heavy atom. The van der Waals surface area contributed by atoms with Crippen LogP contribution in [0, 0.1) is 0 Å². The van der Waals surface area contributed by atoms with Gasteiger partial charge in [-0.15, -0.1) is 0 Å². The molecule has 2 amide bonds. The van der Waals surface area contributed by atoms with Crippen LogP contribution in [-0.2, 0) is 0 Å². The van der Waals surface area contributed by atoms with Gasteiger partial charge < -0.3 is 4.74 Å². The number of imide groups is 1. The molecule has 0 bridgehead atoms. The third-order valence-electron chi connectivity index (χ3n) is 4.42. The maximum Gasteiger partial charge on any atom is 0.343 e. The molecule has 0 N–H and O–H groups in total. The maximum absolute atomic E-state index is 13.1. The van der Waals surface area contributed by atoms with Crippen LogP contribution in [0.1, 0.15) is 31.1 Å². The lowest BCUT2D eigenvalue weighted by molar-refractivity contribution is 0.0731. The molecule has 0 fully saturated rings. The van der Waals surface area contributed by atoms with Crippen molar-refractivity contribution >= 4 is 69.9 Å². The Morgan fingerprint density at radius 3 is 1.77 bits per heavy atom. The molecule has 0 saturated carbocycles. The Labute approximate surface area is 190 Å². The predicted octanol–water partition coefficient (Wildman–Crippen LogP) is 6.32. The monoisotopic (exact) mass is 479 g/mol. The fourth-order valence-corrected chi connectivity index (χ4v) is 4.04. The fraction of sp³-hybridized carbons (Fsp3) is 0. The van der Waals surface area contributed by atoms with E-state index in [1.54, 1.807) is 42.5 Å². The first-order valence-corrected chi connectivity index (χ1v) is 9.95. The first-order chi connectivity index (χ1) is 14.3. The number of esters is 1. The number of nitrogens with zero attached hydrogens (tertiary/aromatic N) is 1. The molecule has 1 aliphatic heterocycles. The van der Waals surface area contributed by atoms with E-state index in [0.29, 0.717) is 5.56 Å². The van der Waals surface area contributed by atoms with Crippen molar-refractivity contribution in [2.45, 2.75) is 0 Å². The highest BCUT2D eigenvalue weighted by atomic mass is 35.5. The number of anilines is 1. The molecule has 30 heavy (non-hydrogen) atoms. The van der Waals surface area contributed by atoms with E-state index in [4.69, 9.17) is 51.1 Å². The largest absolute Gasteiger partial charge is 0.421 e. The quantitative estimate of drug-likeness (QED) is 0.145. The van der Waals surface area contributed by atoms with Crippen LogP contribution in [0.25, 0.3) is 0 Å². The minimum atomic E-state index is -0.760. The van der Waals surface area contributed by atoms with Gasteiger partial charge in [-0.3, -0.25) is 9.59 Å². The minimum absolute atomic E-state index is 0.00491. The summed E-state index contributed by atoms with van der Waals surface area (Å²) in [5.74, 6) is -2.17. The van der Waals surface area contributed by atoms with Crippen LogP contribution in [0.2, 0.25) is 20.1 Å². The number of fused-ring (bicyclic) bond motifs is 1. The summed E-state index contributed by atoms with van der Waals surface area (Å²) in [5.41, 5.74) is 0.0298. The highest BCUT2D eigenvalue weighted by Gasteiger charge is 2.43. The number of rotatable bonds is 3. The summed E-state index contributed by atoms with van der Waals surface area (Å²) in [5, 5.41) is -0.621. The molecule has 1 heterocycles. The summed E-state index contributed by atoms with van der Waals surface area (Å²) in [6, 6.07) is 14.4. The van der Waals surface area contributed by atoms with Gasteiger partial charge in [-0.2, -0.15) is 0 Å². The highest BCUT2D eigenvalue weighted by molar-refractivity contribution is 6.56. The van der Waals surface area contributed by atoms with Crippen LogP contribution in [-0.4, -0.2) is 17.8 Å². The molecule has 150 valence electrons. The fourth-order valence-electron chi connectivity index (χ4n) is 3.03.